The van der Waals surface area contributed by atoms with Gasteiger partial charge in [-0.05, 0) is 62.7 Å². The number of ether oxygens (including phenoxy) is 1. The van der Waals surface area contributed by atoms with Gasteiger partial charge in [-0.3, -0.25) is 4.79 Å². The molecule has 0 radical (unpaired) electrons. The number of nitrogens with one attached hydrogen (secondary N) is 2. The summed E-state index contributed by atoms with van der Waals surface area (Å²) < 4.78 is 5.78. The van der Waals surface area contributed by atoms with Gasteiger partial charge in [0, 0.05) is 37.2 Å². The van der Waals surface area contributed by atoms with Crippen LogP contribution in [0.1, 0.15) is 37.6 Å². The minimum Gasteiger partial charge on any atom is -0.494 e. The van der Waals surface area contributed by atoms with E-state index in [1.807, 2.05) is 71.6 Å². The van der Waals surface area contributed by atoms with Gasteiger partial charge in [0.1, 0.15) is 10.6 Å². The lowest BCUT2D eigenvalue weighted by Gasteiger charge is -2.26. The molecule has 0 aliphatic carbocycles. The molecule has 2 aromatic heterocycles. The lowest BCUT2D eigenvalue weighted by atomic mass is 9.96. The van der Waals surface area contributed by atoms with Crippen molar-refractivity contribution in [1.29, 1.82) is 0 Å². The largest absolute Gasteiger partial charge is 0.494 e. The highest BCUT2D eigenvalue weighted by Crippen LogP contribution is 2.39. The van der Waals surface area contributed by atoms with Crippen molar-refractivity contribution in [3.8, 4) is 5.75 Å². The van der Waals surface area contributed by atoms with Crippen LogP contribution in [-0.4, -0.2) is 62.1 Å². The average Bonchev–Trinajstić information content (AvgIpc) is 3.47. The molecule has 0 aliphatic heterocycles. The molecule has 0 atom stereocenters. The minimum atomic E-state index is -0.298. The summed E-state index contributed by atoms with van der Waals surface area (Å²) in [6.45, 7) is 13.3. The number of methoxy groups -OCH3 is 1. The van der Waals surface area contributed by atoms with E-state index in [-0.39, 0.29) is 5.91 Å². The second-order valence-corrected chi connectivity index (χ2v) is 10.6. The molecular formula is C33H42N6O2S. The molecule has 1 amide bonds. The predicted octanol–water partition coefficient (Wildman–Crippen LogP) is 7.35. The Labute approximate surface area is 253 Å². The number of allylic oxidation sites excluding steroid dienone is 1. The fourth-order valence-electron chi connectivity index (χ4n) is 4.44. The number of carbonyl (C=O) groups is 1. The van der Waals surface area contributed by atoms with E-state index >= 15 is 0 Å². The van der Waals surface area contributed by atoms with E-state index in [1.165, 1.54) is 11.6 Å². The average molecular weight is 587 g/mol. The van der Waals surface area contributed by atoms with E-state index in [0.29, 0.717) is 23.1 Å². The van der Waals surface area contributed by atoms with Crippen molar-refractivity contribution in [3.63, 3.8) is 0 Å². The first-order valence-electron chi connectivity index (χ1n) is 14.0. The maximum atomic E-state index is 12.3. The Kier molecular flexibility index (Phi) is 11.6. The van der Waals surface area contributed by atoms with Crippen LogP contribution >= 0.6 is 11.3 Å². The molecule has 2 heterocycles. The molecular weight excluding hydrogens is 544 g/mol. The number of benzene rings is 2. The van der Waals surface area contributed by atoms with Crippen molar-refractivity contribution in [1.82, 2.24) is 14.9 Å². The third kappa shape index (κ3) is 7.54. The highest BCUT2D eigenvalue weighted by Gasteiger charge is 2.19. The molecule has 4 aromatic rings. The van der Waals surface area contributed by atoms with Crippen LogP contribution < -0.4 is 20.3 Å². The number of nitrogens with zero attached hydrogens (tertiary/aromatic N) is 4. The Morgan fingerprint density at radius 1 is 1.07 bits per heavy atom. The Bertz CT molecular complexity index is 1560. The zero-order chi connectivity index (χ0) is 30.8. The van der Waals surface area contributed by atoms with Gasteiger partial charge in [0.15, 0.2) is 0 Å². The SMILES string of the molecule is C=CC(=O)Nc1cc(Nc2nc(/C(=C/C)c3ccccc3C)c3ccsc3n2)c(OC)cc1N(C)CCN(C)C.CC. The van der Waals surface area contributed by atoms with Crippen LogP contribution in [0.25, 0.3) is 15.8 Å². The van der Waals surface area contributed by atoms with Gasteiger partial charge < -0.3 is 25.2 Å². The zero-order valence-electron chi connectivity index (χ0n) is 25.9. The van der Waals surface area contributed by atoms with Gasteiger partial charge in [-0.15, -0.1) is 11.3 Å². The summed E-state index contributed by atoms with van der Waals surface area (Å²) in [5, 5.41) is 9.33. The Balaban J connectivity index is 0.00000237. The first-order valence-corrected chi connectivity index (χ1v) is 14.9. The van der Waals surface area contributed by atoms with Crippen LogP contribution in [0, 0.1) is 6.92 Å². The number of hydrogen-bond donors (Lipinski definition) is 2. The Morgan fingerprint density at radius 2 is 1.81 bits per heavy atom. The summed E-state index contributed by atoms with van der Waals surface area (Å²) in [7, 11) is 7.66. The molecule has 222 valence electrons. The zero-order valence-corrected chi connectivity index (χ0v) is 26.7. The smallest absolute Gasteiger partial charge is 0.247 e. The highest BCUT2D eigenvalue weighted by atomic mass is 32.1. The van der Waals surface area contributed by atoms with Crippen LogP contribution in [-0.2, 0) is 4.79 Å². The Morgan fingerprint density at radius 3 is 2.45 bits per heavy atom. The van der Waals surface area contributed by atoms with Crippen molar-refractivity contribution in [2.75, 3.05) is 56.9 Å². The maximum Gasteiger partial charge on any atom is 0.247 e. The normalized spacial score (nSPS) is 11.1. The van der Waals surface area contributed by atoms with Crippen LogP contribution in [0.5, 0.6) is 5.75 Å². The van der Waals surface area contributed by atoms with E-state index in [1.54, 1.807) is 18.4 Å². The molecule has 9 heteroatoms. The third-order valence-corrected chi connectivity index (χ3v) is 7.41. The molecule has 2 N–H and O–H groups in total. The van der Waals surface area contributed by atoms with Gasteiger partial charge in [-0.1, -0.05) is 50.8 Å². The molecule has 2 aromatic carbocycles. The van der Waals surface area contributed by atoms with Crippen molar-refractivity contribution in [3.05, 3.63) is 83.4 Å². The van der Waals surface area contributed by atoms with Crippen molar-refractivity contribution in [2.24, 2.45) is 0 Å². The number of anilines is 4. The van der Waals surface area contributed by atoms with Crippen LogP contribution in [0.2, 0.25) is 0 Å². The summed E-state index contributed by atoms with van der Waals surface area (Å²) in [5.41, 5.74) is 6.27. The van der Waals surface area contributed by atoms with Crippen LogP contribution in [0.3, 0.4) is 0 Å². The summed E-state index contributed by atoms with van der Waals surface area (Å²) in [6, 6.07) is 14.1. The number of rotatable bonds is 11. The molecule has 0 aliphatic rings. The summed E-state index contributed by atoms with van der Waals surface area (Å²) in [5.74, 6) is 0.739. The molecule has 0 unspecified atom stereocenters. The van der Waals surface area contributed by atoms with E-state index in [2.05, 4.69) is 58.2 Å². The summed E-state index contributed by atoms with van der Waals surface area (Å²) >= 11 is 1.56. The van der Waals surface area contributed by atoms with Gasteiger partial charge in [-0.25, -0.2) is 9.97 Å². The van der Waals surface area contributed by atoms with E-state index in [4.69, 9.17) is 14.7 Å². The predicted molar refractivity (Wildman–Crippen MR) is 180 cm³/mol. The maximum absolute atomic E-state index is 12.3. The molecule has 0 saturated heterocycles. The van der Waals surface area contributed by atoms with Gasteiger partial charge >= 0.3 is 0 Å². The number of likely N-dealkylation sites (N-methyl/N-ethyl adjacent to an activating group) is 2. The third-order valence-electron chi connectivity index (χ3n) is 6.61. The van der Waals surface area contributed by atoms with Crippen LogP contribution in [0.4, 0.5) is 23.0 Å². The monoisotopic (exact) mass is 586 g/mol. The van der Waals surface area contributed by atoms with Crippen molar-refractivity contribution < 1.29 is 9.53 Å². The first kappa shape index (κ1) is 32.3. The van der Waals surface area contributed by atoms with Gasteiger partial charge in [-0.2, -0.15) is 0 Å². The summed E-state index contributed by atoms with van der Waals surface area (Å²) in [4.78, 5) is 27.2. The van der Waals surface area contributed by atoms with E-state index in [9.17, 15) is 4.79 Å². The first-order chi connectivity index (χ1) is 20.2. The fraction of sp³-hybridized carbons (Fsp3) is 0.303. The van der Waals surface area contributed by atoms with Gasteiger partial charge in [0.2, 0.25) is 11.9 Å². The number of thiophene rings is 1. The molecule has 0 spiro atoms. The topological polar surface area (TPSA) is 82.6 Å². The number of hydrogen-bond acceptors (Lipinski definition) is 8. The number of fused-ring (bicyclic) bond motifs is 1. The molecule has 0 bridgehead atoms. The molecule has 0 saturated carbocycles. The summed E-state index contributed by atoms with van der Waals surface area (Å²) in [6.07, 6.45) is 3.35. The molecule has 4 rings (SSSR count). The lowest BCUT2D eigenvalue weighted by Crippen LogP contribution is -2.29. The molecule has 42 heavy (non-hydrogen) atoms. The fourth-order valence-corrected chi connectivity index (χ4v) is 5.20. The number of amides is 1. The number of aryl methyl sites for hydroxylation is 1. The van der Waals surface area contributed by atoms with Gasteiger partial charge in [0.05, 0.1) is 29.9 Å². The second kappa shape index (κ2) is 15.1. The van der Waals surface area contributed by atoms with Crippen molar-refractivity contribution >= 4 is 56.0 Å². The quantitative estimate of drug-likeness (QED) is 0.178. The standard InChI is InChI=1S/C31H36N6O2S.C2H6/c1-8-21(22-13-11-10-12-20(22)3)29-23-14-17-40-30(23)35-31(34-29)33-25-18-24(32-28(38)9-2)26(19-27(25)39-7)37(6)16-15-36(4)5;1-2/h8-14,17-19H,2,15-16H2,1,3-7H3,(H,32,38)(H,33,34,35);1-2H3/b21-8+;. The van der Waals surface area contributed by atoms with Gasteiger partial charge in [0.25, 0.3) is 0 Å². The number of carbonyl (C=O) groups excluding carboxylic acids is 1. The van der Waals surface area contributed by atoms with E-state index < -0.39 is 0 Å². The molecule has 8 nitrogen and oxygen atoms in total. The van der Waals surface area contributed by atoms with E-state index in [0.717, 1.165) is 45.8 Å². The lowest BCUT2D eigenvalue weighted by molar-refractivity contribution is -0.111. The Hall–Kier alpha value is -4.21. The number of aromatic nitrogens is 2. The molecule has 0 fully saturated rings. The minimum absolute atomic E-state index is 0.298. The second-order valence-electron chi connectivity index (χ2n) is 9.67. The highest BCUT2D eigenvalue weighted by molar-refractivity contribution is 7.16. The van der Waals surface area contributed by atoms with Crippen molar-refractivity contribution in [2.45, 2.75) is 27.7 Å². The van der Waals surface area contributed by atoms with Crippen LogP contribution in [0.15, 0.2) is 66.6 Å².